The number of likely N-dealkylation sites (tertiary alicyclic amines) is 1. The number of amides is 1. The van der Waals surface area contributed by atoms with Gasteiger partial charge < -0.3 is 10.4 Å². The van der Waals surface area contributed by atoms with Gasteiger partial charge in [0.2, 0.25) is 5.91 Å². The van der Waals surface area contributed by atoms with Gasteiger partial charge in [0.05, 0.1) is 18.6 Å². The summed E-state index contributed by atoms with van der Waals surface area (Å²) in [6.07, 6.45) is 2.82. The standard InChI is InChI=1S/C20H31N3O3.ClH/c1-15(17-8-5-4-6-9-17)21-20(26)16(2)23-12-7-10-18(11-13-23)22(3)14-19(24)25;/h4-6,8-9,15-16,18H,7,10-14H2,1-3H3,(H,21,26)(H,24,25);1H. The summed E-state index contributed by atoms with van der Waals surface area (Å²) >= 11 is 0. The van der Waals surface area contributed by atoms with Gasteiger partial charge in [0.15, 0.2) is 0 Å². The fourth-order valence-electron chi connectivity index (χ4n) is 3.60. The van der Waals surface area contributed by atoms with Crippen molar-refractivity contribution in [3.05, 3.63) is 35.9 Å². The number of carboxylic acid groups (broad SMARTS) is 1. The number of rotatable bonds is 7. The van der Waals surface area contributed by atoms with E-state index in [1.165, 1.54) is 0 Å². The second kappa shape index (κ2) is 11.3. The van der Waals surface area contributed by atoms with Crippen LogP contribution in [-0.2, 0) is 9.59 Å². The van der Waals surface area contributed by atoms with Crippen LogP contribution < -0.4 is 5.32 Å². The molecule has 152 valence electrons. The topological polar surface area (TPSA) is 72.9 Å². The number of hydrogen-bond acceptors (Lipinski definition) is 4. The minimum atomic E-state index is -0.795. The maximum atomic E-state index is 12.7. The normalized spacial score (nSPS) is 20.2. The number of carboxylic acids is 1. The number of halogens is 1. The lowest BCUT2D eigenvalue weighted by Gasteiger charge is -2.29. The predicted molar refractivity (Wildman–Crippen MR) is 109 cm³/mol. The van der Waals surface area contributed by atoms with Crippen molar-refractivity contribution in [2.45, 2.75) is 51.2 Å². The Hall–Kier alpha value is -1.63. The summed E-state index contributed by atoms with van der Waals surface area (Å²) < 4.78 is 0. The number of benzene rings is 1. The van der Waals surface area contributed by atoms with Crippen LogP contribution in [-0.4, -0.2) is 65.5 Å². The van der Waals surface area contributed by atoms with Gasteiger partial charge in [-0.3, -0.25) is 19.4 Å². The predicted octanol–water partition coefficient (Wildman–Crippen LogP) is 2.55. The molecule has 1 aromatic carbocycles. The summed E-state index contributed by atoms with van der Waals surface area (Å²) in [5.74, 6) is -0.755. The molecular formula is C20H32ClN3O3. The number of hydrogen-bond donors (Lipinski definition) is 2. The molecule has 1 fully saturated rings. The first-order chi connectivity index (χ1) is 12.4. The third-order valence-corrected chi connectivity index (χ3v) is 5.33. The lowest BCUT2D eigenvalue weighted by molar-refractivity contribution is -0.138. The second-order valence-corrected chi connectivity index (χ2v) is 7.25. The fourth-order valence-corrected chi connectivity index (χ4v) is 3.60. The molecule has 2 rings (SSSR count). The second-order valence-electron chi connectivity index (χ2n) is 7.25. The zero-order valence-electron chi connectivity index (χ0n) is 16.4. The van der Waals surface area contributed by atoms with Crippen LogP contribution in [0, 0.1) is 0 Å². The Morgan fingerprint density at radius 3 is 2.52 bits per heavy atom. The Morgan fingerprint density at radius 1 is 1.22 bits per heavy atom. The number of carbonyl (C=O) groups excluding carboxylic acids is 1. The largest absolute Gasteiger partial charge is 0.480 e. The molecule has 27 heavy (non-hydrogen) atoms. The van der Waals surface area contributed by atoms with Gasteiger partial charge in [-0.15, -0.1) is 12.4 Å². The monoisotopic (exact) mass is 397 g/mol. The van der Waals surface area contributed by atoms with Crippen LogP contribution in [0.3, 0.4) is 0 Å². The van der Waals surface area contributed by atoms with Crippen LogP contribution in [0.25, 0.3) is 0 Å². The molecule has 1 heterocycles. The Kier molecular flexibility index (Phi) is 9.77. The summed E-state index contributed by atoms with van der Waals surface area (Å²) in [5, 5.41) is 12.1. The summed E-state index contributed by atoms with van der Waals surface area (Å²) in [6, 6.07) is 10.0. The molecule has 1 saturated heterocycles. The third kappa shape index (κ3) is 7.13. The number of likely N-dealkylation sites (N-methyl/N-ethyl adjacent to an activating group) is 1. The highest BCUT2D eigenvalue weighted by Gasteiger charge is 2.27. The molecule has 6 nitrogen and oxygen atoms in total. The summed E-state index contributed by atoms with van der Waals surface area (Å²) in [4.78, 5) is 27.7. The van der Waals surface area contributed by atoms with Crippen molar-refractivity contribution in [1.82, 2.24) is 15.1 Å². The highest BCUT2D eigenvalue weighted by atomic mass is 35.5. The van der Waals surface area contributed by atoms with E-state index < -0.39 is 5.97 Å². The van der Waals surface area contributed by atoms with E-state index in [1.807, 2.05) is 56.1 Å². The van der Waals surface area contributed by atoms with Crippen molar-refractivity contribution >= 4 is 24.3 Å². The van der Waals surface area contributed by atoms with Crippen molar-refractivity contribution in [3.8, 4) is 0 Å². The van der Waals surface area contributed by atoms with Gasteiger partial charge >= 0.3 is 5.97 Å². The van der Waals surface area contributed by atoms with Gasteiger partial charge in [0, 0.05) is 12.6 Å². The first kappa shape index (κ1) is 23.4. The van der Waals surface area contributed by atoms with E-state index in [0.717, 1.165) is 37.9 Å². The van der Waals surface area contributed by atoms with Crippen LogP contribution in [0.5, 0.6) is 0 Å². The molecule has 1 aromatic rings. The lowest BCUT2D eigenvalue weighted by Crippen LogP contribution is -2.46. The molecule has 0 spiro atoms. The van der Waals surface area contributed by atoms with E-state index in [4.69, 9.17) is 5.11 Å². The summed E-state index contributed by atoms with van der Waals surface area (Å²) in [6.45, 7) is 5.69. The van der Waals surface area contributed by atoms with Crippen molar-refractivity contribution in [2.24, 2.45) is 0 Å². The van der Waals surface area contributed by atoms with Crippen molar-refractivity contribution in [2.75, 3.05) is 26.7 Å². The molecule has 0 radical (unpaired) electrons. The molecule has 1 aliphatic heterocycles. The lowest BCUT2D eigenvalue weighted by atomic mass is 10.1. The molecule has 0 aromatic heterocycles. The first-order valence-corrected chi connectivity index (χ1v) is 9.40. The van der Waals surface area contributed by atoms with E-state index in [9.17, 15) is 9.59 Å². The molecular weight excluding hydrogens is 366 g/mol. The SMILES string of the molecule is CC(NC(=O)C(C)N1CCCC(N(C)CC(=O)O)CC1)c1ccccc1.Cl. The number of aliphatic carboxylic acids is 1. The summed E-state index contributed by atoms with van der Waals surface area (Å²) in [5.41, 5.74) is 1.10. The number of nitrogens with zero attached hydrogens (tertiary/aromatic N) is 2. The van der Waals surface area contributed by atoms with Crippen LogP contribution in [0.2, 0.25) is 0 Å². The van der Waals surface area contributed by atoms with Crippen molar-refractivity contribution < 1.29 is 14.7 Å². The van der Waals surface area contributed by atoms with Crippen molar-refractivity contribution in [3.63, 3.8) is 0 Å². The van der Waals surface area contributed by atoms with Crippen LogP contribution in [0.1, 0.15) is 44.7 Å². The van der Waals surface area contributed by atoms with Gasteiger partial charge in [-0.1, -0.05) is 30.3 Å². The van der Waals surface area contributed by atoms with Gasteiger partial charge in [0.25, 0.3) is 0 Å². The van der Waals surface area contributed by atoms with E-state index in [2.05, 4.69) is 10.2 Å². The Labute approximate surface area is 168 Å². The quantitative estimate of drug-likeness (QED) is 0.739. The van der Waals surface area contributed by atoms with Crippen LogP contribution in [0.4, 0.5) is 0 Å². The average Bonchev–Trinajstić information content (AvgIpc) is 2.87. The molecule has 0 bridgehead atoms. The van der Waals surface area contributed by atoms with Gasteiger partial charge in [-0.25, -0.2) is 0 Å². The highest BCUT2D eigenvalue weighted by molar-refractivity contribution is 5.85. The minimum Gasteiger partial charge on any atom is -0.480 e. The van der Waals surface area contributed by atoms with E-state index in [-0.39, 0.29) is 43.0 Å². The third-order valence-electron chi connectivity index (χ3n) is 5.33. The zero-order chi connectivity index (χ0) is 19.1. The fraction of sp³-hybridized carbons (Fsp3) is 0.600. The van der Waals surface area contributed by atoms with E-state index in [1.54, 1.807) is 0 Å². The van der Waals surface area contributed by atoms with Crippen LogP contribution in [0.15, 0.2) is 30.3 Å². The average molecular weight is 398 g/mol. The minimum absolute atomic E-state index is 0. The number of nitrogens with one attached hydrogen (secondary N) is 1. The molecule has 7 heteroatoms. The molecule has 0 aliphatic carbocycles. The molecule has 2 N–H and O–H groups in total. The molecule has 1 aliphatic rings. The molecule has 3 atom stereocenters. The van der Waals surface area contributed by atoms with Gasteiger partial charge in [-0.2, -0.15) is 0 Å². The molecule has 3 unspecified atom stereocenters. The van der Waals surface area contributed by atoms with Crippen LogP contribution >= 0.6 is 12.4 Å². The molecule has 0 saturated carbocycles. The van der Waals surface area contributed by atoms with Gasteiger partial charge in [-0.05, 0) is 52.3 Å². The maximum absolute atomic E-state index is 12.7. The van der Waals surface area contributed by atoms with Crippen molar-refractivity contribution in [1.29, 1.82) is 0 Å². The Balaban J connectivity index is 0.00000364. The van der Waals surface area contributed by atoms with E-state index in [0.29, 0.717) is 0 Å². The zero-order valence-corrected chi connectivity index (χ0v) is 17.2. The number of carbonyl (C=O) groups is 2. The maximum Gasteiger partial charge on any atom is 0.317 e. The molecule has 1 amide bonds. The smallest absolute Gasteiger partial charge is 0.317 e. The van der Waals surface area contributed by atoms with E-state index >= 15 is 0 Å². The highest BCUT2D eigenvalue weighted by Crippen LogP contribution is 2.18. The Bertz CT molecular complexity index is 599. The Morgan fingerprint density at radius 2 is 1.89 bits per heavy atom. The first-order valence-electron chi connectivity index (χ1n) is 9.40. The summed E-state index contributed by atoms with van der Waals surface area (Å²) in [7, 11) is 1.87. The van der Waals surface area contributed by atoms with Gasteiger partial charge in [0.1, 0.15) is 0 Å².